The zero-order valence-corrected chi connectivity index (χ0v) is 13.7. The number of rotatable bonds is 5. The van der Waals surface area contributed by atoms with Crippen LogP contribution in [-0.4, -0.2) is 56.1 Å². The molecule has 1 aromatic rings. The number of furan rings is 1. The molecule has 128 valence electrons. The summed E-state index contributed by atoms with van der Waals surface area (Å²) in [7, 11) is 0. The minimum absolute atomic E-state index is 0.0190. The van der Waals surface area contributed by atoms with E-state index in [-0.39, 0.29) is 5.60 Å². The Morgan fingerprint density at radius 3 is 2.83 bits per heavy atom. The lowest BCUT2D eigenvalue weighted by molar-refractivity contribution is -0.201. The van der Waals surface area contributed by atoms with Crippen LogP contribution in [0.25, 0.3) is 0 Å². The molecule has 3 aliphatic rings. The number of likely N-dealkylation sites (tertiary alicyclic amines) is 1. The van der Waals surface area contributed by atoms with Crippen LogP contribution in [0.3, 0.4) is 0 Å². The quantitative estimate of drug-likeness (QED) is 0.833. The van der Waals surface area contributed by atoms with Gasteiger partial charge in [-0.25, -0.2) is 0 Å². The molecule has 3 aliphatic heterocycles. The summed E-state index contributed by atoms with van der Waals surface area (Å²) in [4.78, 5) is 2.39. The van der Waals surface area contributed by atoms with Crippen LogP contribution in [0, 0.1) is 5.92 Å². The molecule has 0 aromatic carbocycles. The summed E-state index contributed by atoms with van der Waals surface area (Å²) in [6.45, 7) is 6.37. The summed E-state index contributed by atoms with van der Waals surface area (Å²) >= 11 is 0. The third kappa shape index (κ3) is 3.79. The second-order valence-corrected chi connectivity index (χ2v) is 7.26. The molecule has 5 nitrogen and oxygen atoms in total. The van der Waals surface area contributed by atoms with Crippen LogP contribution in [0.15, 0.2) is 22.8 Å². The van der Waals surface area contributed by atoms with Crippen LogP contribution in [0.1, 0.15) is 31.4 Å². The van der Waals surface area contributed by atoms with E-state index in [2.05, 4.69) is 4.90 Å². The summed E-state index contributed by atoms with van der Waals surface area (Å²) < 4.78 is 23.2. The predicted octanol–water partition coefficient (Wildman–Crippen LogP) is 2.46. The Labute approximate surface area is 137 Å². The van der Waals surface area contributed by atoms with Crippen LogP contribution in [0.4, 0.5) is 0 Å². The van der Waals surface area contributed by atoms with Crippen molar-refractivity contribution in [2.75, 3.05) is 39.5 Å². The van der Waals surface area contributed by atoms with Crippen LogP contribution >= 0.6 is 0 Å². The highest BCUT2D eigenvalue weighted by Crippen LogP contribution is 2.36. The van der Waals surface area contributed by atoms with E-state index in [9.17, 15) is 0 Å². The Hall–Kier alpha value is -0.880. The SMILES string of the molecule is c1coc(CN2CC3(CC(OCC4CCOCC4)CCO3)C2)c1. The van der Waals surface area contributed by atoms with Crippen molar-refractivity contribution in [3.05, 3.63) is 24.2 Å². The van der Waals surface area contributed by atoms with Gasteiger partial charge < -0.3 is 18.6 Å². The Kier molecular flexibility index (Phi) is 4.71. The molecule has 4 heterocycles. The largest absolute Gasteiger partial charge is 0.468 e. The molecular formula is C18H27NO4. The van der Waals surface area contributed by atoms with E-state index >= 15 is 0 Å². The van der Waals surface area contributed by atoms with Crippen molar-refractivity contribution in [2.24, 2.45) is 5.92 Å². The first-order valence-corrected chi connectivity index (χ1v) is 8.89. The first kappa shape index (κ1) is 15.6. The van der Waals surface area contributed by atoms with E-state index in [0.717, 1.165) is 77.5 Å². The molecule has 1 spiro atoms. The Morgan fingerprint density at radius 2 is 2.04 bits per heavy atom. The van der Waals surface area contributed by atoms with Crippen molar-refractivity contribution in [1.29, 1.82) is 0 Å². The highest BCUT2D eigenvalue weighted by molar-refractivity contribution is 5.05. The van der Waals surface area contributed by atoms with Gasteiger partial charge in [0.05, 0.1) is 24.5 Å². The number of hydrogen-bond acceptors (Lipinski definition) is 5. The van der Waals surface area contributed by atoms with Gasteiger partial charge >= 0.3 is 0 Å². The molecule has 3 saturated heterocycles. The van der Waals surface area contributed by atoms with Gasteiger partial charge in [0.1, 0.15) is 5.76 Å². The maximum atomic E-state index is 6.22. The van der Waals surface area contributed by atoms with Gasteiger partial charge in [0.15, 0.2) is 0 Å². The lowest BCUT2D eigenvalue weighted by Gasteiger charge is -2.53. The molecule has 0 amide bonds. The predicted molar refractivity (Wildman–Crippen MR) is 85.2 cm³/mol. The first-order valence-electron chi connectivity index (χ1n) is 8.89. The molecular weight excluding hydrogens is 294 g/mol. The van der Waals surface area contributed by atoms with Crippen LogP contribution in [-0.2, 0) is 20.8 Å². The Balaban J connectivity index is 1.22. The van der Waals surface area contributed by atoms with Crippen molar-refractivity contribution in [3.8, 4) is 0 Å². The second-order valence-electron chi connectivity index (χ2n) is 7.26. The highest BCUT2D eigenvalue weighted by atomic mass is 16.5. The summed E-state index contributed by atoms with van der Waals surface area (Å²) in [5.41, 5.74) is 0.0190. The summed E-state index contributed by atoms with van der Waals surface area (Å²) in [6.07, 6.45) is 6.45. The minimum Gasteiger partial charge on any atom is -0.468 e. The highest BCUT2D eigenvalue weighted by Gasteiger charge is 2.47. The van der Waals surface area contributed by atoms with Gasteiger partial charge in [-0.15, -0.1) is 0 Å². The molecule has 0 bridgehead atoms. The monoisotopic (exact) mass is 321 g/mol. The average Bonchev–Trinajstić information content (AvgIpc) is 3.06. The molecule has 5 heteroatoms. The maximum Gasteiger partial charge on any atom is 0.117 e. The van der Waals surface area contributed by atoms with Gasteiger partial charge in [0, 0.05) is 45.9 Å². The van der Waals surface area contributed by atoms with Crippen LogP contribution < -0.4 is 0 Å². The first-order chi connectivity index (χ1) is 11.3. The average molecular weight is 321 g/mol. The van der Waals surface area contributed by atoms with Crippen molar-refractivity contribution in [2.45, 2.75) is 43.9 Å². The second kappa shape index (κ2) is 6.93. The van der Waals surface area contributed by atoms with Crippen molar-refractivity contribution < 1.29 is 18.6 Å². The van der Waals surface area contributed by atoms with E-state index in [4.69, 9.17) is 18.6 Å². The molecule has 0 N–H and O–H groups in total. The number of nitrogens with zero attached hydrogens (tertiary/aromatic N) is 1. The van der Waals surface area contributed by atoms with Crippen LogP contribution in [0.5, 0.6) is 0 Å². The standard InChI is InChI=1S/C18H27NO4/c1-2-17(21-6-1)11-19-13-18(14-19)10-16(5-9-23-18)22-12-15-3-7-20-8-4-15/h1-2,6,15-16H,3-5,7-14H2. The van der Waals surface area contributed by atoms with E-state index in [1.807, 2.05) is 12.1 Å². The molecule has 1 aromatic heterocycles. The molecule has 1 unspecified atom stereocenters. The van der Waals surface area contributed by atoms with Gasteiger partial charge in [-0.3, -0.25) is 4.90 Å². The number of ether oxygens (including phenoxy) is 3. The van der Waals surface area contributed by atoms with Gasteiger partial charge in [-0.05, 0) is 37.3 Å². The fraction of sp³-hybridized carbons (Fsp3) is 0.778. The summed E-state index contributed by atoms with van der Waals surface area (Å²) in [5, 5.41) is 0. The fourth-order valence-electron chi connectivity index (χ4n) is 4.03. The molecule has 23 heavy (non-hydrogen) atoms. The van der Waals surface area contributed by atoms with Gasteiger partial charge in [0.2, 0.25) is 0 Å². The lowest BCUT2D eigenvalue weighted by atomic mass is 9.84. The van der Waals surface area contributed by atoms with E-state index in [0.29, 0.717) is 12.0 Å². The third-order valence-corrected chi connectivity index (χ3v) is 5.34. The normalized spacial score (nSPS) is 28.8. The fourth-order valence-corrected chi connectivity index (χ4v) is 4.03. The van der Waals surface area contributed by atoms with Crippen molar-refractivity contribution in [1.82, 2.24) is 4.90 Å². The molecule has 0 aliphatic carbocycles. The maximum absolute atomic E-state index is 6.22. The molecule has 0 radical (unpaired) electrons. The van der Waals surface area contributed by atoms with E-state index in [1.165, 1.54) is 0 Å². The zero-order chi connectivity index (χ0) is 15.5. The Bertz CT molecular complexity index is 477. The van der Waals surface area contributed by atoms with Gasteiger partial charge in [-0.1, -0.05) is 0 Å². The Morgan fingerprint density at radius 1 is 1.17 bits per heavy atom. The van der Waals surface area contributed by atoms with Gasteiger partial charge in [0.25, 0.3) is 0 Å². The van der Waals surface area contributed by atoms with Crippen molar-refractivity contribution >= 4 is 0 Å². The number of hydrogen-bond donors (Lipinski definition) is 0. The smallest absolute Gasteiger partial charge is 0.117 e. The molecule has 0 saturated carbocycles. The molecule has 4 rings (SSSR count). The topological polar surface area (TPSA) is 44.1 Å². The minimum atomic E-state index is 0.0190. The summed E-state index contributed by atoms with van der Waals surface area (Å²) in [5.74, 6) is 1.71. The van der Waals surface area contributed by atoms with E-state index in [1.54, 1.807) is 6.26 Å². The zero-order valence-electron chi connectivity index (χ0n) is 13.7. The molecule has 1 atom stereocenters. The van der Waals surface area contributed by atoms with Gasteiger partial charge in [-0.2, -0.15) is 0 Å². The molecule has 3 fully saturated rings. The van der Waals surface area contributed by atoms with Crippen molar-refractivity contribution in [3.63, 3.8) is 0 Å². The summed E-state index contributed by atoms with van der Waals surface area (Å²) in [6, 6.07) is 3.98. The van der Waals surface area contributed by atoms with Crippen LogP contribution in [0.2, 0.25) is 0 Å². The third-order valence-electron chi connectivity index (χ3n) is 5.34. The lowest BCUT2D eigenvalue weighted by Crippen LogP contribution is -2.65. The van der Waals surface area contributed by atoms with E-state index < -0.39 is 0 Å².